The van der Waals surface area contributed by atoms with Crippen LogP contribution in [0.25, 0.3) is 0 Å². The molecule has 1 aliphatic rings. The number of piperazine rings is 1. The molecule has 0 aliphatic carbocycles. The maximum absolute atomic E-state index is 11.1. The van der Waals surface area contributed by atoms with E-state index in [9.17, 15) is 10.1 Å². The van der Waals surface area contributed by atoms with Crippen molar-refractivity contribution in [1.82, 2.24) is 15.1 Å². The van der Waals surface area contributed by atoms with Gasteiger partial charge in [0, 0.05) is 38.7 Å². The lowest BCUT2D eigenvalue weighted by molar-refractivity contribution is -0.384. The predicted molar refractivity (Wildman–Crippen MR) is 84.3 cm³/mol. The highest BCUT2D eigenvalue weighted by Crippen LogP contribution is 2.28. The Morgan fingerprint density at radius 1 is 1.17 bits per heavy atom. The van der Waals surface area contributed by atoms with Crippen LogP contribution in [0.5, 0.6) is 0 Å². The number of hydrogen-bond acceptors (Lipinski definition) is 7. The van der Waals surface area contributed by atoms with Gasteiger partial charge in [0.25, 0.3) is 5.69 Å². The van der Waals surface area contributed by atoms with E-state index in [4.69, 9.17) is 4.42 Å². The minimum atomic E-state index is -0.327. The highest BCUT2D eigenvalue weighted by atomic mass is 16.6. The Morgan fingerprint density at radius 2 is 1.87 bits per heavy atom. The number of nitrogens with zero attached hydrogens (tertiary/aromatic N) is 5. The molecular weight excluding hydrogens is 298 g/mol. The third kappa shape index (κ3) is 3.48. The Hall–Kier alpha value is -2.48. The van der Waals surface area contributed by atoms with Gasteiger partial charge in [0.15, 0.2) is 0 Å². The van der Waals surface area contributed by atoms with E-state index in [1.807, 2.05) is 13.0 Å². The normalized spacial score (nSPS) is 15.8. The molecule has 0 N–H and O–H groups in total. The summed E-state index contributed by atoms with van der Waals surface area (Å²) in [4.78, 5) is 15.1. The SMILES string of the molecule is CCc1nnc(CN2CCN(c3ccccc3[N+](=O)[O-])CC2)o1. The van der Waals surface area contributed by atoms with E-state index in [0.717, 1.165) is 32.6 Å². The molecule has 1 aliphatic heterocycles. The molecule has 1 saturated heterocycles. The summed E-state index contributed by atoms with van der Waals surface area (Å²) in [6.07, 6.45) is 0.735. The van der Waals surface area contributed by atoms with Crippen LogP contribution in [0, 0.1) is 10.1 Å². The van der Waals surface area contributed by atoms with Crippen LogP contribution < -0.4 is 4.90 Å². The average molecular weight is 317 g/mol. The summed E-state index contributed by atoms with van der Waals surface area (Å²) >= 11 is 0. The molecule has 3 rings (SSSR count). The summed E-state index contributed by atoms with van der Waals surface area (Å²) < 4.78 is 5.53. The van der Waals surface area contributed by atoms with Gasteiger partial charge in [-0.2, -0.15) is 0 Å². The maximum Gasteiger partial charge on any atom is 0.292 e. The van der Waals surface area contributed by atoms with Crippen molar-refractivity contribution in [2.75, 3.05) is 31.1 Å². The van der Waals surface area contributed by atoms with Gasteiger partial charge in [-0.3, -0.25) is 15.0 Å². The fourth-order valence-electron chi connectivity index (χ4n) is 2.72. The first-order chi connectivity index (χ1) is 11.2. The quantitative estimate of drug-likeness (QED) is 0.614. The van der Waals surface area contributed by atoms with Crippen molar-refractivity contribution in [3.05, 3.63) is 46.2 Å². The molecule has 0 unspecified atom stereocenters. The third-order valence-electron chi connectivity index (χ3n) is 3.96. The molecule has 1 fully saturated rings. The molecule has 8 heteroatoms. The molecule has 2 aromatic rings. The molecule has 0 saturated carbocycles. The second-order valence-electron chi connectivity index (χ2n) is 5.45. The number of rotatable bonds is 5. The van der Waals surface area contributed by atoms with Gasteiger partial charge in [0.05, 0.1) is 11.5 Å². The minimum Gasteiger partial charge on any atom is -0.424 e. The number of para-hydroxylation sites is 2. The van der Waals surface area contributed by atoms with E-state index >= 15 is 0 Å². The van der Waals surface area contributed by atoms with Gasteiger partial charge in [-0.15, -0.1) is 10.2 Å². The van der Waals surface area contributed by atoms with Crippen LogP contribution in [0.2, 0.25) is 0 Å². The van der Waals surface area contributed by atoms with Gasteiger partial charge < -0.3 is 9.32 Å². The van der Waals surface area contributed by atoms with E-state index in [2.05, 4.69) is 20.0 Å². The van der Waals surface area contributed by atoms with Crippen molar-refractivity contribution >= 4 is 11.4 Å². The molecule has 122 valence electrons. The van der Waals surface area contributed by atoms with Gasteiger partial charge in [-0.05, 0) is 6.07 Å². The lowest BCUT2D eigenvalue weighted by atomic mass is 10.2. The summed E-state index contributed by atoms with van der Waals surface area (Å²) in [7, 11) is 0. The van der Waals surface area contributed by atoms with E-state index in [1.165, 1.54) is 0 Å². The zero-order chi connectivity index (χ0) is 16.2. The van der Waals surface area contributed by atoms with E-state index < -0.39 is 0 Å². The number of benzene rings is 1. The van der Waals surface area contributed by atoms with Gasteiger partial charge in [0.2, 0.25) is 11.8 Å². The first kappa shape index (κ1) is 15.4. The number of aromatic nitrogens is 2. The van der Waals surface area contributed by atoms with Gasteiger partial charge in [0.1, 0.15) is 5.69 Å². The highest BCUT2D eigenvalue weighted by Gasteiger charge is 2.24. The first-order valence-electron chi connectivity index (χ1n) is 7.69. The monoisotopic (exact) mass is 317 g/mol. The Balaban J connectivity index is 1.61. The average Bonchev–Trinajstić information content (AvgIpc) is 3.03. The number of hydrogen-bond donors (Lipinski definition) is 0. The molecule has 0 radical (unpaired) electrons. The van der Waals surface area contributed by atoms with Gasteiger partial charge in [-0.25, -0.2) is 0 Å². The number of nitro benzene ring substituents is 1. The lowest BCUT2D eigenvalue weighted by Gasteiger charge is -2.35. The second-order valence-corrected chi connectivity index (χ2v) is 5.45. The number of anilines is 1. The lowest BCUT2D eigenvalue weighted by Crippen LogP contribution is -2.46. The summed E-state index contributed by atoms with van der Waals surface area (Å²) in [5, 5.41) is 19.1. The largest absolute Gasteiger partial charge is 0.424 e. The molecular formula is C15H19N5O3. The van der Waals surface area contributed by atoms with Crippen molar-refractivity contribution in [2.45, 2.75) is 19.9 Å². The molecule has 0 amide bonds. The van der Waals surface area contributed by atoms with E-state index in [1.54, 1.807) is 18.2 Å². The van der Waals surface area contributed by atoms with Crippen LogP contribution in [0.1, 0.15) is 18.7 Å². The molecule has 0 bridgehead atoms. The van der Waals surface area contributed by atoms with Crippen molar-refractivity contribution in [2.24, 2.45) is 0 Å². The fourth-order valence-corrected chi connectivity index (χ4v) is 2.72. The molecule has 0 spiro atoms. The first-order valence-corrected chi connectivity index (χ1v) is 7.69. The third-order valence-corrected chi connectivity index (χ3v) is 3.96. The zero-order valence-corrected chi connectivity index (χ0v) is 13.0. The maximum atomic E-state index is 11.1. The van der Waals surface area contributed by atoms with E-state index in [-0.39, 0.29) is 10.6 Å². The predicted octanol–water partition coefficient (Wildman–Crippen LogP) is 1.86. The van der Waals surface area contributed by atoms with E-state index in [0.29, 0.717) is 24.0 Å². The summed E-state index contributed by atoms with van der Waals surface area (Å²) in [5.74, 6) is 1.28. The summed E-state index contributed by atoms with van der Waals surface area (Å²) in [6, 6.07) is 6.88. The number of aryl methyl sites for hydroxylation is 1. The van der Waals surface area contributed by atoms with Crippen LogP contribution >= 0.6 is 0 Å². The Labute approximate surface area is 133 Å². The Morgan fingerprint density at radius 3 is 2.52 bits per heavy atom. The Bertz CT molecular complexity index is 679. The van der Waals surface area contributed by atoms with Crippen LogP contribution in [0.3, 0.4) is 0 Å². The Kier molecular flexibility index (Phi) is 4.52. The molecule has 23 heavy (non-hydrogen) atoms. The molecule has 0 atom stereocenters. The fraction of sp³-hybridized carbons (Fsp3) is 0.467. The molecule has 2 heterocycles. The van der Waals surface area contributed by atoms with Crippen LogP contribution in [0.15, 0.2) is 28.7 Å². The van der Waals surface area contributed by atoms with Crippen LogP contribution in [-0.4, -0.2) is 46.2 Å². The van der Waals surface area contributed by atoms with Crippen molar-refractivity contribution in [3.63, 3.8) is 0 Å². The summed E-state index contributed by atoms with van der Waals surface area (Å²) in [5.41, 5.74) is 0.841. The van der Waals surface area contributed by atoms with Crippen molar-refractivity contribution in [3.8, 4) is 0 Å². The zero-order valence-electron chi connectivity index (χ0n) is 13.0. The van der Waals surface area contributed by atoms with Crippen LogP contribution in [-0.2, 0) is 13.0 Å². The van der Waals surface area contributed by atoms with Crippen molar-refractivity contribution in [1.29, 1.82) is 0 Å². The highest BCUT2D eigenvalue weighted by molar-refractivity contribution is 5.63. The minimum absolute atomic E-state index is 0.158. The van der Waals surface area contributed by atoms with Gasteiger partial charge in [-0.1, -0.05) is 19.1 Å². The topological polar surface area (TPSA) is 88.5 Å². The van der Waals surface area contributed by atoms with Gasteiger partial charge >= 0.3 is 0 Å². The second kappa shape index (κ2) is 6.74. The molecule has 8 nitrogen and oxygen atoms in total. The van der Waals surface area contributed by atoms with Crippen molar-refractivity contribution < 1.29 is 9.34 Å². The molecule has 1 aromatic heterocycles. The standard InChI is InChI=1S/C15H19N5O3/c1-2-14-16-17-15(23-14)11-18-7-9-19(10-8-18)12-5-3-4-6-13(12)20(21)22/h3-6H,2,7-11H2,1H3. The number of nitro groups is 1. The smallest absolute Gasteiger partial charge is 0.292 e. The molecule has 1 aromatic carbocycles. The summed E-state index contributed by atoms with van der Waals surface area (Å²) in [6.45, 7) is 5.67. The van der Waals surface area contributed by atoms with Crippen LogP contribution in [0.4, 0.5) is 11.4 Å².